The number of carbonyl (C=O) groups is 1. The fourth-order valence-electron chi connectivity index (χ4n) is 3.16. The van der Waals surface area contributed by atoms with Crippen molar-refractivity contribution in [2.24, 2.45) is 0 Å². The molecule has 3 atom stereocenters. The topological polar surface area (TPSA) is 77.0 Å². The summed E-state index contributed by atoms with van der Waals surface area (Å²) in [5.41, 5.74) is 1.85. The van der Waals surface area contributed by atoms with Crippen LogP contribution >= 0.6 is 24.0 Å². The van der Waals surface area contributed by atoms with Gasteiger partial charge >= 0.3 is 5.97 Å². The molecular weight excluding hydrogens is 429 g/mol. The number of benzene rings is 2. The molecule has 2 aromatic rings. The molecule has 6 nitrogen and oxygen atoms in total. The van der Waals surface area contributed by atoms with Gasteiger partial charge in [-0.1, -0.05) is 29.8 Å². The van der Waals surface area contributed by atoms with Crippen LogP contribution in [-0.2, 0) is 16.0 Å². The van der Waals surface area contributed by atoms with Gasteiger partial charge in [0.05, 0.1) is 12.7 Å². The molecule has 0 spiro atoms. The Morgan fingerprint density at radius 2 is 2.10 bits per heavy atom. The van der Waals surface area contributed by atoms with Crippen LogP contribution in [0.25, 0.3) is 0 Å². The Bertz CT molecular complexity index is 848. The van der Waals surface area contributed by atoms with Crippen LogP contribution in [0.2, 0.25) is 5.02 Å². The second-order valence-electron chi connectivity index (χ2n) is 7.03. The van der Waals surface area contributed by atoms with Crippen molar-refractivity contribution >= 4 is 30.0 Å². The summed E-state index contributed by atoms with van der Waals surface area (Å²) in [5, 5.41) is 14.3. The molecule has 1 heterocycles. The average molecular weight is 456 g/mol. The Hall–Kier alpha value is -1.99. The van der Waals surface area contributed by atoms with Crippen molar-refractivity contribution in [1.82, 2.24) is 5.32 Å². The highest BCUT2D eigenvalue weighted by Gasteiger charge is 2.28. The molecule has 1 unspecified atom stereocenters. The monoisotopic (exact) mass is 455 g/mol. The first-order valence-electron chi connectivity index (χ1n) is 9.72. The van der Waals surface area contributed by atoms with Gasteiger partial charge in [-0.15, -0.1) is 12.4 Å². The number of nitrogens with one attached hydrogen (secondary N) is 1. The van der Waals surface area contributed by atoms with Crippen molar-refractivity contribution in [2.45, 2.75) is 38.5 Å². The third-order valence-corrected chi connectivity index (χ3v) is 4.89. The van der Waals surface area contributed by atoms with E-state index in [-0.39, 0.29) is 25.1 Å². The highest BCUT2D eigenvalue weighted by Crippen LogP contribution is 2.33. The van der Waals surface area contributed by atoms with Crippen molar-refractivity contribution in [2.75, 3.05) is 19.8 Å². The molecule has 0 aliphatic carbocycles. The Morgan fingerprint density at radius 3 is 2.83 bits per heavy atom. The molecule has 0 bridgehead atoms. The van der Waals surface area contributed by atoms with E-state index >= 15 is 0 Å². The maximum absolute atomic E-state index is 11.8. The van der Waals surface area contributed by atoms with Gasteiger partial charge in [0.1, 0.15) is 6.61 Å². The van der Waals surface area contributed by atoms with E-state index in [0.29, 0.717) is 29.7 Å². The molecule has 0 saturated carbocycles. The summed E-state index contributed by atoms with van der Waals surface area (Å²) in [7, 11) is 0. The third-order valence-electron chi connectivity index (χ3n) is 4.65. The molecule has 0 fully saturated rings. The lowest BCUT2D eigenvalue weighted by Crippen LogP contribution is -2.38. The van der Waals surface area contributed by atoms with E-state index in [4.69, 9.17) is 25.8 Å². The van der Waals surface area contributed by atoms with Crippen LogP contribution < -0.4 is 14.8 Å². The number of ether oxygens (including phenoxy) is 3. The molecule has 3 rings (SSSR count). The van der Waals surface area contributed by atoms with Crippen LogP contribution in [-0.4, -0.2) is 43.0 Å². The zero-order valence-electron chi connectivity index (χ0n) is 17.0. The largest absolute Gasteiger partial charge is 0.485 e. The predicted molar refractivity (Wildman–Crippen MR) is 118 cm³/mol. The summed E-state index contributed by atoms with van der Waals surface area (Å²) in [5.74, 6) is 0.738. The molecule has 0 radical (unpaired) electrons. The summed E-state index contributed by atoms with van der Waals surface area (Å²) >= 11 is 5.98. The summed E-state index contributed by atoms with van der Waals surface area (Å²) in [6, 6.07) is 13.0. The van der Waals surface area contributed by atoms with Crippen LogP contribution in [0.15, 0.2) is 42.5 Å². The lowest BCUT2D eigenvalue weighted by Gasteiger charge is -2.25. The molecule has 2 N–H and O–H groups in total. The van der Waals surface area contributed by atoms with Gasteiger partial charge in [-0.05, 0) is 55.7 Å². The summed E-state index contributed by atoms with van der Waals surface area (Å²) in [6.45, 7) is 4.67. The maximum atomic E-state index is 11.8. The predicted octanol–water partition coefficient (Wildman–Crippen LogP) is 3.72. The van der Waals surface area contributed by atoms with Crippen LogP contribution in [0.5, 0.6) is 11.5 Å². The van der Waals surface area contributed by atoms with E-state index in [2.05, 4.69) is 12.2 Å². The normalized spacial score (nSPS) is 16.9. The van der Waals surface area contributed by atoms with Gasteiger partial charge < -0.3 is 24.6 Å². The zero-order chi connectivity index (χ0) is 20.8. The Kier molecular flexibility index (Phi) is 9.24. The fourth-order valence-corrected chi connectivity index (χ4v) is 3.36. The van der Waals surface area contributed by atoms with E-state index in [1.165, 1.54) is 0 Å². The number of hydrogen-bond acceptors (Lipinski definition) is 6. The molecule has 30 heavy (non-hydrogen) atoms. The van der Waals surface area contributed by atoms with Crippen LogP contribution in [0.4, 0.5) is 0 Å². The first-order valence-corrected chi connectivity index (χ1v) is 10.1. The van der Waals surface area contributed by atoms with Crippen molar-refractivity contribution in [3.05, 3.63) is 58.6 Å². The average Bonchev–Trinajstić information content (AvgIpc) is 2.71. The fraction of sp³-hybridized carbons (Fsp3) is 0.409. The first kappa shape index (κ1) is 24.3. The lowest BCUT2D eigenvalue weighted by molar-refractivity contribution is -0.153. The highest BCUT2D eigenvalue weighted by atomic mass is 35.5. The lowest BCUT2D eigenvalue weighted by atomic mass is 10.0. The Labute approximate surface area is 187 Å². The van der Waals surface area contributed by atoms with E-state index in [0.717, 1.165) is 17.5 Å². The van der Waals surface area contributed by atoms with Gasteiger partial charge in [-0.3, -0.25) is 0 Å². The molecule has 0 saturated heterocycles. The maximum Gasteiger partial charge on any atom is 0.350 e. The van der Waals surface area contributed by atoms with Gasteiger partial charge in [-0.2, -0.15) is 0 Å². The number of esters is 1. The van der Waals surface area contributed by atoms with Crippen molar-refractivity contribution < 1.29 is 24.1 Å². The van der Waals surface area contributed by atoms with Crippen LogP contribution in [0.1, 0.15) is 31.1 Å². The molecular formula is C22H27Cl2NO5. The van der Waals surface area contributed by atoms with E-state index < -0.39 is 18.2 Å². The number of rotatable bonds is 8. The van der Waals surface area contributed by atoms with Gasteiger partial charge in [0.2, 0.25) is 6.10 Å². The van der Waals surface area contributed by atoms with Gasteiger partial charge in [-0.25, -0.2) is 4.79 Å². The van der Waals surface area contributed by atoms with Crippen molar-refractivity contribution in [1.29, 1.82) is 0 Å². The van der Waals surface area contributed by atoms with E-state index in [9.17, 15) is 9.90 Å². The summed E-state index contributed by atoms with van der Waals surface area (Å²) in [6.07, 6.45) is -0.613. The number of carbonyl (C=O) groups excluding carboxylic acids is 1. The molecule has 1 aliphatic rings. The van der Waals surface area contributed by atoms with Gasteiger partial charge in [0.15, 0.2) is 11.5 Å². The Morgan fingerprint density at radius 1 is 1.30 bits per heavy atom. The minimum absolute atomic E-state index is 0. The number of aliphatic hydroxyl groups excluding tert-OH is 1. The second-order valence-corrected chi connectivity index (χ2v) is 7.47. The number of halogens is 2. The van der Waals surface area contributed by atoms with E-state index in [1.54, 1.807) is 19.1 Å². The summed E-state index contributed by atoms with van der Waals surface area (Å²) < 4.78 is 16.4. The standard InChI is InChI=1S/C22H26ClNO5.ClH/c1-3-27-22(26)21-13-28-20-10-15(7-8-19(20)29-21)9-14(2)24-12-18(25)16-5-4-6-17(23)11-16;/h4-8,10-11,14,18,21,24-25H,3,9,12-13H2,1-2H3;1H/t14-,18?,21-;/m1./s1. The van der Waals surface area contributed by atoms with Crippen molar-refractivity contribution in [3.63, 3.8) is 0 Å². The van der Waals surface area contributed by atoms with Gasteiger partial charge in [0.25, 0.3) is 0 Å². The number of hydrogen-bond donors (Lipinski definition) is 2. The SMILES string of the molecule is CCOC(=O)[C@H]1COc2cc(C[C@@H](C)NCC(O)c3cccc(Cl)c3)ccc2O1.Cl. The van der Waals surface area contributed by atoms with Crippen LogP contribution in [0.3, 0.4) is 0 Å². The second kappa shape index (κ2) is 11.4. The Balaban J connectivity index is 0.00000320. The smallest absolute Gasteiger partial charge is 0.350 e. The van der Waals surface area contributed by atoms with Gasteiger partial charge in [0, 0.05) is 17.6 Å². The van der Waals surface area contributed by atoms with Crippen LogP contribution in [0, 0.1) is 0 Å². The first-order chi connectivity index (χ1) is 14.0. The number of fused-ring (bicyclic) bond motifs is 1. The van der Waals surface area contributed by atoms with Crippen molar-refractivity contribution in [3.8, 4) is 11.5 Å². The molecule has 1 aliphatic heterocycles. The summed E-state index contributed by atoms with van der Waals surface area (Å²) in [4.78, 5) is 11.8. The minimum Gasteiger partial charge on any atom is -0.485 e. The van der Waals surface area contributed by atoms with E-state index in [1.807, 2.05) is 30.3 Å². The zero-order valence-corrected chi connectivity index (χ0v) is 18.5. The third kappa shape index (κ3) is 6.51. The molecule has 2 aromatic carbocycles. The molecule has 0 amide bonds. The highest BCUT2D eigenvalue weighted by molar-refractivity contribution is 6.30. The quantitative estimate of drug-likeness (QED) is 0.590. The molecule has 164 valence electrons. The molecule has 8 heteroatoms. The number of aliphatic hydroxyl groups is 1. The minimum atomic E-state index is -0.734. The molecule has 0 aromatic heterocycles.